The van der Waals surface area contributed by atoms with E-state index in [4.69, 9.17) is 10.8 Å². The summed E-state index contributed by atoms with van der Waals surface area (Å²) in [5.74, 6) is -1.32. The Labute approximate surface area is 124 Å². The van der Waals surface area contributed by atoms with Gasteiger partial charge in [0.05, 0.1) is 5.39 Å². The van der Waals surface area contributed by atoms with E-state index < -0.39 is 23.5 Å². The number of carbonyl (C=O) groups is 2. The molecule has 7 nitrogen and oxygen atoms in total. The largest absolute Gasteiger partial charge is 0.477 e. The van der Waals surface area contributed by atoms with Gasteiger partial charge in [0.25, 0.3) is 5.56 Å². The average Bonchev–Trinajstić information content (AvgIpc) is 2.75. The molecule has 0 saturated carbocycles. The minimum Gasteiger partial charge on any atom is -0.477 e. The van der Waals surface area contributed by atoms with Crippen LogP contribution in [0.3, 0.4) is 0 Å². The van der Waals surface area contributed by atoms with Gasteiger partial charge in [-0.2, -0.15) is 0 Å². The number of primary amides is 1. The van der Waals surface area contributed by atoms with Crippen LogP contribution in [-0.2, 0) is 11.2 Å². The smallest absolute Gasteiger partial charge is 0.346 e. The van der Waals surface area contributed by atoms with Crippen molar-refractivity contribution < 1.29 is 14.7 Å². The number of carboxylic acids is 1. The maximum atomic E-state index is 12.6. The fourth-order valence-electron chi connectivity index (χ4n) is 2.22. The number of fused-ring (bicyclic) bond motifs is 1. The van der Waals surface area contributed by atoms with Crippen molar-refractivity contribution in [3.05, 3.63) is 26.6 Å². The highest BCUT2D eigenvalue weighted by molar-refractivity contribution is 7.20. The van der Waals surface area contributed by atoms with Crippen molar-refractivity contribution in [2.75, 3.05) is 0 Å². The summed E-state index contributed by atoms with van der Waals surface area (Å²) in [7, 11) is 0. The van der Waals surface area contributed by atoms with Gasteiger partial charge in [0, 0.05) is 6.42 Å². The van der Waals surface area contributed by atoms with Gasteiger partial charge in [-0.25, -0.2) is 9.78 Å². The zero-order chi connectivity index (χ0) is 15.9. The van der Waals surface area contributed by atoms with Crippen LogP contribution in [-0.4, -0.2) is 26.5 Å². The third kappa shape index (κ3) is 2.31. The van der Waals surface area contributed by atoms with E-state index in [0.717, 1.165) is 11.3 Å². The van der Waals surface area contributed by atoms with Crippen LogP contribution in [0.5, 0.6) is 0 Å². The Morgan fingerprint density at radius 1 is 1.48 bits per heavy atom. The van der Waals surface area contributed by atoms with Crippen LogP contribution in [0.1, 0.15) is 40.9 Å². The van der Waals surface area contributed by atoms with Crippen molar-refractivity contribution in [2.45, 2.75) is 33.2 Å². The molecular formula is C13H15N3O4S. The Hall–Kier alpha value is -2.22. The van der Waals surface area contributed by atoms with Crippen LogP contribution in [0.25, 0.3) is 10.2 Å². The van der Waals surface area contributed by atoms with Gasteiger partial charge >= 0.3 is 5.97 Å². The van der Waals surface area contributed by atoms with Crippen LogP contribution in [0.15, 0.2) is 4.79 Å². The second-order valence-corrected chi connectivity index (χ2v) is 5.68. The van der Waals surface area contributed by atoms with E-state index in [1.807, 2.05) is 0 Å². The molecule has 0 aromatic carbocycles. The lowest BCUT2D eigenvalue weighted by Gasteiger charge is -2.15. The van der Waals surface area contributed by atoms with Crippen molar-refractivity contribution in [2.24, 2.45) is 5.73 Å². The molecule has 3 N–H and O–H groups in total. The van der Waals surface area contributed by atoms with E-state index in [2.05, 4.69) is 4.98 Å². The molecule has 0 aliphatic carbocycles. The predicted octanol–water partition coefficient (Wildman–Crippen LogP) is 1.07. The van der Waals surface area contributed by atoms with E-state index in [1.165, 1.54) is 11.5 Å². The number of aromatic nitrogens is 2. The lowest BCUT2D eigenvalue weighted by Crippen LogP contribution is -2.34. The van der Waals surface area contributed by atoms with Gasteiger partial charge < -0.3 is 10.8 Å². The highest BCUT2D eigenvalue weighted by Gasteiger charge is 2.24. The zero-order valence-electron chi connectivity index (χ0n) is 11.8. The van der Waals surface area contributed by atoms with E-state index in [0.29, 0.717) is 22.6 Å². The highest BCUT2D eigenvalue weighted by Crippen LogP contribution is 2.28. The van der Waals surface area contributed by atoms with Crippen molar-refractivity contribution in [3.63, 3.8) is 0 Å². The van der Waals surface area contributed by atoms with Gasteiger partial charge in [0.1, 0.15) is 21.6 Å². The molecule has 2 aromatic rings. The number of rotatable bonds is 4. The molecule has 0 spiro atoms. The average molecular weight is 309 g/mol. The van der Waals surface area contributed by atoms with Crippen molar-refractivity contribution >= 4 is 33.4 Å². The summed E-state index contributed by atoms with van der Waals surface area (Å²) in [4.78, 5) is 40.0. The quantitative estimate of drug-likeness (QED) is 0.876. The topological polar surface area (TPSA) is 115 Å². The van der Waals surface area contributed by atoms with Gasteiger partial charge in [-0.1, -0.05) is 6.92 Å². The van der Waals surface area contributed by atoms with Crippen molar-refractivity contribution in [3.8, 4) is 0 Å². The van der Waals surface area contributed by atoms with Crippen molar-refractivity contribution in [1.29, 1.82) is 0 Å². The van der Waals surface area contributed by atoms with E-state index in [-0.39, 0.29) is 10.3 Å². The number of aryl methyl sites for hydroxylation is 2. The molecule has 1 atom stereocenters. The van der Waals surface area contributed by atoms with Crippen molar-refractivity contribution in [1.82, 2.24) is 9.55 Å². The number of nitrogens with zero attached hydrogens (tertiary/aromatic N) is 2. The lowest BCUT2D eigenvalue weighted by molar-refractivity contribution is -0.120. The molecule has 1 amide bonds. The molecule has 0 bridgehead atoms. The molecule has 2 heterocycles. The van der Waals surface area contributed by atoms with Gasteiger partial charge in [-0.3, -0.25) is 14.2 Å². The van der Waals surface area contributed by atoms with Gasteiger partial charge in [0.15, 0.2) is 0 Å². The maximum Gasteiger partial charge on any atom is 0.346 e. The Balaban J connectivity index is 2.91. The van der Waals surface area contributed by atoms with Crippen LogP contribution in [0, 0.1) is 6.92 Å². The number of nitrogens with two attached hydrogens (primary N) is 1. The van der Waals surface area contributed by atoms with Crippen LogP contribution < -0.4 is 11.3 Å². The second kappa shape index (κ2) is 5.28. The first-order valence-corrected chi connectivity index (χ1v) is 7.18. The van der Waals surface area contributed by atoms with Gasteiger partial charge in [-0.15, -0.1) is 11.3 Å². The van der Waals surface area contributed by atoms with Crippen LogP contribution in [0.4, 0.5) is 0 Å². The number of amides is 1. The fourth-order valence-corrected chi connectivity index (χ4v) is 3.25. The molecule has 2 rings (SSSR count). The Morgan fingerprint density at radius 3 is 2.57 bits per heavy atom. The summed E-state index contributed by atoms with van der Waals surface area (Å²) in [6.07, 6.45) is 0.433. The molecule has 0 radical (unpaired) electrons. The van der Waals surface area contributed by atoms with Crippen LogP contribution in [0.2, 0.25) is 0 Å². The molecule has 0 fully saturated rings. The first kappa shape index (κ1) is 15.2. The number of carbonyl (C=O) groups excluding carboxylic acids is 1. The lowest BCUT2D eigenvalue weighted by atomic mass is 10.2. The molecule has 1 unspecified atom stereocenters. The van der Waals surface area contributed by atoms with E-state index in [9.17, 15) is 14.4 Å². The summed E-state index contributed by atoms with van der Waals surface area (Å²) in [5, 5.41) is 9.39. The maximum absolute atomic E-state index is 12.6. The number of hydrogen-bond donors (Lipinski definition) is 2. The molecule has 21 heavy (non-hydrogen) atoms. The summed E-state index contributed by atoms with van der Waals surface area (Å²) >= 11 is 0.964. The second-order valence-electron chi connectivity index (χ2n) is 4.68. The van der Waals surface area contributed by atoms with Gasteiger partial charge in [-0.05, 0) is 19.4 Å². The molecule has 2 aromatic heterocycles. The summed E-state index contributed by atoms with van der Waals surface area (Å²) in [5.41, 5.74) is 5.22. The molecule has 8 heteroatoms. The first-order chi connectivity index (χ1) is 9.79. The Morgan fingerprint density at radius 2 is 2.10 bits per heavy atom. The summed E-state index contributed by atoms with van der Waals surface area (Å²) < 4.78 is 1.25. The van der Waals surface area contributed by atoms with Gasteiger partial charge in [0.2, 0.25) is 5.91 Å². The first-order valence-electron chi connectivity index (χ1n) is 6.36. The fraction of sp³-hybridized carbons (Fsp3) is 0.385. The minimum atomic E-state index is -1.09. The summed E-state index contributed by atoms with van der Waals surface area (Å²) in [6.45, 7) is 4.89. The Kier molecular flexibility index (Phi) is 3.82. The number of carboxylic acid groups (broad SMARTS) is 1. The SMILES string of the molecule is CCc1nc2sc(C(=O)O)c(C)c2c(=O)n1C(C)C(N)=O. The normalized spacial score (nSPS) is 12.5. The highest BCUT2D eigenvalue weighted by atomic mass is 32.1. The molecule has 0 saturated heterocycles. The monoisotopic (exact) mass is 309 g/mol. The van der Waals surface area contributed by atoms with E-state index in [1.54, 1.807) is 13.8 Å². The Bertz CT molecular complexity index is 806. The molecular weight excluding hydrogens is 294 g/mol. The molecule has 0 aliphatic rings. The third-order valence-corrected chi connectivity index (χ3v) is 4.55. The predicted molar refractivity (Wildman–Crippen MR) is 78.9 cm³/mol. The molecule has 0 aliphatic heterocycles. The standard InChI is InChI=1S/C13H15N3O4S/c1-4-7-15-11-8(5(2)9(21-11)13(19)20)12(18)16(7)6(3)10(14)17/h6H,4H2,1-3H3,(H2,14,17)(H,19,20). The number of aromatic carboxylic acids is 1. The third-order valence-electron chi connectivity index (χ3n) is 3.38. The van der Waals surface area contributed by atoms with Crippen LogP contribution >= 0.6 is 11.3 Å². The number of thiophene rings is 1. The molecule has 112 valence electrons. The number of hydrogen-bond acceptors (Lipinski definition) is 5. The minimum absolute atomic E-state index is 0.0844. The summed E-state index contributed by atoms with van der Waals surface area (Å²) in [6, 6.07) is -0.836. The zero-order valence-corrected chi connectivity index (χ0v) is 12.7. The van der Waals surface area contributed by atoms with E-state index >= 15 is 0 Å².